The summed E-state index contributed by atoms with van der Waals surface area (Å²) < 4.78 is 4.77. The highest BCUT2D eigenvalue weighted by Crippen LogP contribution is 2.22. The molecule has 0 aromatic rings. The molecule has 12 heavy (non-hydrogen) atoms. The predicted molar refractivity (Wildman–Crippen MR) is 43.5 cm³/mol. The Balaban J connectivity index is 2.40. The van der Waals surface area contributed by atoms with Gasteiger partial charge in [0.15, 0.2) is 0 Å². The molecule has 0 aromatic heterocycles. The smallest absolute Gasteiger partial charge is 0.316 e. The fourth-order valence-corrected chi connectivity index (χ4v) is 1.31. The molecule has 0 bridgehead atoms. The van der Waals surface area contributed by atoms with E-state index < -0.39 is 11.9 Å². The van der Waals surface area contributed by atoms with Gasteiger partial charge in [0.2, 0.25) is 0 Å². The molecular formula is C9H12O3. The first kappa shape index (κ1) is 8.97. The lowest BCUT2D eigenvalue weighted by Gasteiger charge is -2.05. The quantitative estimate of drug-likeness (QED) is 0.360. The van der Waals surface area contributed by atoms with Gasteiger partial charge in [0.05, 0.1) is 0 Å². The van der Waals surface area contributed by atoms with Gasteiger partial charge in [0.1, 0.15) is 18.3 Å². The molecule has 0 N–H and O–H groups in total. The molecule has 0 unspecified atom stereocenters. The Morgan fingerprint density at radius 2 is 2.50 bits per heavy atom. The molecule has 0 amide bonds. The lowest BCUT2D eigenvalue weighted by atomic mass is 10.1. The van der Waals surface area contributed by atoms with Crippen LogP contribution in [0.3, 0.4) is 0 Å². The highest BCUT2D eigenvalue weighted by molar-refractivity contribution is 6.00. The summed E-state index contributed by atoms with van der Waals surface area (Å²) in [5.41, 5.74) is 0. The Morgan fingerprint density at radius 1 is 1.75 bits per heavy atom. The summed E-state index contributed by atoms with van der Waals surface area (Å²) in [6.45, 7) is 3.61. The molecule has 1 fully saturated rings. The number of carbonyl (C=O) groups is 2. The maximum Gasteiger partial charge on any atom is 0.316 e. The lowest BCUT2D eigenvalue weighted by molar-refractivity contribution is -0.149. The van der Waals surface area contributed by atoms with Gasteiger partial charge in [0, 0.05) is 6.42 Å². The minimum absolute atomic E-state index is 0.0177. The molecular weight excluding hydrogens is 156 g/mol. The van der Waals surface area contributed by atoms with Crippen LogP contribution in [0.25, 0.3) is 0 Å². The molecule has 0 aromatic carbocycles. The molecule has 0 heterocycles. The second kappa shape index (κ2) is 4.04. The van der Waals surface area contributed by atoms with Crippen LogP contribution in [0.15, 0.2) is 12.7 Å². The summed E-state index contributed by atoms with van der Waals surface area (Å²) in [4.78, 5) is 22.2. The van der Waals surface area contributed by atoms with Gasteiger partial charge in [-0.25, -0.2) is 0 Å². The number of hydrogen-bond donors (Lipinski definition) is 0. The van der Waals surface area contributed by atoms with Crippen LogP contribution in [-0.2, 0) is 14.3 Å². The van der Waals surface area contributed by atoms with Gasteiger partial charge in [-0.2, -0.15) is 0 Å². The minimum Gasteiger partial charge on any atom is -0.461 e. The Kier molecular flexibility index (Phi) is 3.02. The Morgan fingerprint density at radius 3 is 3.00 bits per heavy atom. The monoisotopic (exact) mass is 168 g/mol. The minimum atomic E-state index is -0.495. The number of hydrogen-bond acceptors (Lipinski definition) is 3. The second-order valence-corrected chi connectivity index (χ2v) is 2.83. The van der Waals surface area contributed by atoms with Crippen LogP contribution in [0.5, 0.6) is 0 Å². The average molecular weight is 168 g/mol. The number of ketones is 1. The standard InChI is InChI=1S/C9H12O3/c1-2-6-12-9(11)7-4-3-5-8(7)10/h2,7H,1,3-6H2/t7-/m0/s1. The van der Waals surface area contributed by atoms with Crippen molar-refractivity contribution in [3.63, 3.8) is 0 Å². The van der Waals surface area contributed by atoms with E-state index in [1.807, 2.05) is 0 Å². The molecule has 3 nitrogen and oxygen atoms in total. The number of Topliss-reactive ketones (excluding diaryl/α,β-unsaturated/α-hetero) is 1. The molecule has 0 aliphatic heterocycles. The van der Waals surface area contributed by atoms with Gasteiger partial charge < -0.3 is 4.74 Å². The van der Waals surface area contributed by atoms with Crippen LogP contribution in [0, 0.1) is 5.92 Å². The Labute approximate surface area is 71.4 Å². The van der Waals surface area contributed by atoms with Crippen LogP contribution in [0.1, 0.15) is 19.3 Å². The predicted octanol–water partition coefficient (Wildman–Crippen LogP) is 1.08. The van der Waals surface area contributed by atoms with E-state index in [1.54, 1.807) is 0 Å². The van der Waals surface area contributed by atoms with Gasteiger partial charge in [0.25, 0.3) is 0 Å². The van der Waals surface area contributed by atoms with E-state index in [1.165, 1.54) is 6.08 Å². The Hall–Kier alpha value is -1.12. The first-order valence-electron chi connectivity index (χ1n) is 4.06. The second-order valence-electron chi connectivity index (χ2n) is 2.83. The van der Waals surface area contributed by atoms with Crippen molar-refractivity contribution in [3.8, 4) is 0 Å². The fraction of sp³-hybridized carbons (Fsp3) is 0.556. The van der Waals surface area contributed by atoms with E-state index in [2.05, 4.69) is 6.58 Å². The van der Waals surface area contributed by atoms with Crippen molar-refractivity contribution in [2.45, 2.75) is 19.3 Å². The summed E-state index contributed by atoms with van der Waals surface area (Å²) in [6, 6.07) is 0. The maximum absolute atomic E-state index is 11.1. The lowest BCUT2D eigenvalue weighted by Crippen LogP contribution is -2.21. The van der Waals surface area contributed by atoms with Crippen molar-refractivity contribution < 1.29 is 14.3 Å². The summed E-state index contributed by atoms with van der Waals surface area (Å²) in [5, 5.41) is 0. The third-order valence-corrected chi connectivity index (χ3v) is 1.93. The van der Waals surface area contributed by atoms with Crippen LogP contribution in [0.2, 0.25) is 0 Å². The largest absolute Gasteiger partial charge is 0.461 e. The zero-order valence-corrected chi connectivity index (χ0v) is 6.91. The van der Waals surface area contributed by atoms with E-state index in [0.29, 0.717) is 12.8 Å². The molecule has 66 valence electrons. The highest BCUT2D eigenvalue weighted by atomic mass is 16.5. The Bertz CT molecular complexity index is 208. The molecule has 1 rings (SSSR count). The van der Waals surface area contributed by atoms with E-state index in [0.717, 1.165) is 6.42 Å². The zero-order valence-electron chi connectivity index (χ0n) is 6.91. The normalized spacial score (nSPS) is 22.3. The first-order chi connectivity index (χ1) is 5.75. The number of rotatable bonds is 3. The summed E-state index contributed by atoms with van der Waals surface area (Å²) in [7, 11) is 0. The van der Waals surface area contributed by atoms with Crippen molar-refractivity contribution in [3.05, 3.63) is 12.7 Å². The van der Waals surface area contributed by atoms with Crippen molar-refractivity contribution >= 4 is 11.8 Å². The van der Waals surface area contributed by atoms with E-state index in [-0.39, 0.29) is 12.4 Å². The van der Waals surface area contributed by atoms with E-state index >= 15 is 0 Å². The van der Waals surface area contributed by atoms with Gasteiger partial charge in [-0.15, -0.1) is 0 Å². The third-order valence-electron chi connectivity index (χ3n) is 1.93. The molecule has 0 radical (unpaired) electrons. The molecule has 1 atom stereocenters. The molecule has 0 spiro atoms. The summed E-state index contributed by atoms with van der Waals surface area (Å²) >= 11 is 0. The van der Waals surface area contributed by atoms with Gasteiger partial charge in [-0.1, -0.05) is 12.7 Å². The number of ether oxygens (including phenoxy) is 1. The third kappa shape index (κ3) is 1.94. The maximum atomic E-state index is 11.1. The summed E-state index contributed by atoms with van der Waals surface area (Å²) in [6.07, 6.45) is 3.48. The average Bonchev–Trinajstić information content (AvgIpc) is 2.47. The number of carbonyl (C=O) groups excluding carboxylic acids is 2. The van der Waals surface area contributed by atoms with E-state index in [4.69, 9.17) is 4.74 Å². The molecule has 1 saturated carbocycles. The number of esters is 1. The van der Waals surface area contributed by atoms with Crippen molar-refractivity contribution in [1.29, 1.82) is 0 Å². The molecule has 1 aliphatic carbocycles. The SMILES string of the molecule is C=CCOC(=O)[C@H]1CCCC1=O. The van der Waals surface area contributed by atoms with Gasteiger partial charge >= 0.3 is 5.97 Å². The first-order valence-corrected chi connectivity index (χ1v) is 4.06. The van der Waals surface area contributed by atoms with Crippen molar-refractivity contribution in [2.75, 3.05) is 6.61 Å². The van der Waals surface area contributed by atoms with Crippen LogP contribution in [-0.4, -0.2) is 18.4 Å². The zero-order chi connectivity index (χ0) is 8.97. The molecule has 0 saturated heterocycles. The topological polar surface area (TPSA) is 43.4 Å². The summed E-state index contributed by atoms with van der Waals surface area (Å²) in [5.74, 6) is -0.869. The van der Waals surface area contributed by atoms with Crippen LogP contribution >= 0.6 is 0 Å². The molecule has 1 aliphatic rings. The van der Waals surface area contributed by atoms with Crippen LogP contribution in [0.4, 0.5) is 0 Å². The van der Waals surface area contributed by atoms with Crippen LogP contribution < -0.4 is 0 Å². The highest BCUT2D eigenvalue weighted by Gasteiger charge is 2.31. The van der Waals surface area contributed by atoms with E-state index in [9.17, 15) is 9.59 Å². The van der Waals surface area contributed by atoms with Gasteiger partial charge in [-0.3, -0.25) is 9.59 Å². The van der Waals surface area contributed by atoms with Gasteiger partial charge in [-0.05, 0) is 12.8 Å². The fourth-order valence-electron chi connectivity index (χ4n) is 1.31. The molecule has 3 heteroatoms. The van der Waals surface area contributed by atoms with Crippen molar-refractivity contribution in [1.82, 2.24) is 0 Å². The van der Waals surface area contributed by atoms with Crippen molar-refractivity contribution in [2.24, 2.45) is 5.92 Å².